The van der Waals surface area contributed by atoms with Gasteiger partial charge in [-0.3, -0.25) is 0 Å². The van der Waals surface area contributed by atoms with Gasteiger partial charge in [-0.25, -0.2) is 0 Å². The van der Waals surface area contributed by atoms with Gasteiger partial charge in [-0.1, -0.05) is 56.5 Å². The van der Waals surface area contributed by atoms with Gasteiger partial charge in [0.1, 0.15) is 0 Å². The lowest BCUT2D eigenvalue weighted by atomic mass is 10.0. The van der Waals surface area contributed by atoms with Gasteiger partial charge < -0.3 is 5.32 Å². The minimum Gasteiger partial charge on any atom is -0.356 e. The van der Waals surface area contributed by atoms with Crippen LogP contribution in [0.5, 0.6) is 0 Å². The van der Waals surface area contributed by atoms with Crippen LogP contribution in [0.1, 0.15) is 31.4 Å². The molecule has 1 nitrogen and oxygen atoms in total. The number of nitrogens with one attached hydrogen (secondary N) is 1. The molecule has 0 bridgehead atoms. The molecule has 0 aliphatic carbocycles. The number of hydrogen-bond acceptors (Lipinski definition) is 1. The molecular formula is C18H23N. The summed E-state index contributed by atoms with van der Waals surface area (Å²) in [5.74, 6) is 0. The van der Waals surface area contributed by atoms with Crippen molar-refractivity contribution in [1.82, 2.24) is 0 Å². The highest BCUT2D eigenvalue weighted by Gasteiger charge is 2.04. The van der Waals surface area contributed by atoms with Crippen LogP contribution in [0, 0.1) is 6.92 Å². The van der Waals surface area contributed by atoms with Crippen molar-refractivity contribution < 1.29 is 0 Å². The van der Waals surface area contributed by atoms with Gasteiger partial charge in [-0.05, 0) is 43.0 Å². The van der Waals surface area contributed by atoms with Crippen LogP contribution in [0.25, 0.3) is 5.57 Å². The molecule has 0 atom stereocenters. The maximum absolute atomic E-state index is 4.11. The molecule has 0 fully saturated rings. The molecule has 1 heteroatoms. The van der Waals surface area contributed by atoms with E-state index in [1.807, 2.05) is 13.0 Å². The molecule has 1 rings (SSSR count). The lowest BCUT2D eigenvalue weighted by Gasteiger charge is -2.15. The molecule has 0 saturated heterocycles. The molecule has 19 heavy (non-hydrogen) atoms. The second-order valence-electron chi connectivity index (χ2n) is 4.69. The Bertz CT molecular complexity index is 533. The summed E-state index contributed by atoms with van der Waals surface area (Å²) >= 11 is 0. The Morgan fingerprint density at radius 3 is 2.53 bits per heavy atom. The summed E-state index contributed by atoms with van der Waals surface area (Å²) in [5, 5.41) is 3.39. The van der Waals surface area contributed by atoms with Gasteiger partial charge in [0.2, 0.25) is 0 Å². The summed E-state index contributed by atoms with van der Waals surface area (Å²) in [7, 11) is 0. The summed E-state index contributed by atoms with van der Waals surface area (Å²) in [4.78, 5) is 0. The first-order valence-electron chi connectivity index (χ1n) is 6.54. The van der Waals surface area contributed by atoms with Gasteiger partial charge in [0, 0.05) is 11.4 Å². The molecule has 0 aliphatic rings. The monoisotopic (exact) mass is 253 g/mol. The molecule has 0 heterocycles. The molecule has 0 aromatic heterocycles. The number of benzene rings is 1. The summed E-state index contributed by atoms with van der Waals surface area (Å²) < 4.78 is 0. The number of hydrogen-bond donors (Lipinski definition) is 1. The summed E-state index contributed by atoms with van der Waals surface area (Å²) in [6, 6.07) is 6.30. The van der Waals surface area contributed by atoms with E-state index in [1.54, 1.807) is 6.08 Å². The van der Waals surface area contributed by atoms with Gasteiger partial charge in [0.05, 0.1) is 0 Å². The highest BCUT2D eigenvalue weighted by molar-refractivity contribution is 5.69. The zero-order chi connectivity index (χ0) is 14.4. The van der Waals surface area contributed by atoms with Crippen molar-refractivity contribution in [3.63, 3.8) is 0 Å². The minimum absolute atomic E-state index is 0.921. The first kappa shape index (κ1) is 15.0. The first-order valence-corrected chi connectivity index (χ1v) is 6.54. The zero-order valence-corrected chi connectivity index (χ0v) is 12.2. The highest BCUT2D eigenvalue weighted by atomic mass is 14.9. The topological polar surface area (TPSA) is 12.0 Å². The summed E-state index contributed by atoms with van der Waals surface area (Å²) in [5.41, 5.74) is 6.56. The number of aryl methyl sites for hydroxylation is 1. The maximum atomic E-state index is 4.11. The lowest BCUT2D eigenvalue weighted by Crippen LogP contribution is -2.03. The zero-order valence-electron chi connectivity index (χ0n) is 12.2. The smallest absolute Gasteiger partial charge is 0.0419 e. The number of allylic oxidation sites excluding steroid dienone is 4. The molecule has 1 aromatic carbocycles. The molecule has 1 N–H and O–H groups in total. The van der Waals surface area contributed by atoms with Crippen LogP contribution < -0.4 is 5.32 Å². The first-order chi connectivity index (χ1) is 8.99. The Morgan fingerprint density at radius 2 is 2.00 bits per heavy atom. The molecule has 0 aliphatic heterocycles. The van der Waals surface area contributed by atoms with Gasteiger partial charge in [0.25, 0.3) is 0 Å². The predicted octanol–water partition coefficient (Wildman–Crippen LogP) is 5.48. The number of rotatable bonds is 6. The quantitative estimate of drug-likeness (QED) is 0.662. The van der Waals surface area contributed by atoms with Gasteiger partial charge in [-0.15, -0.1) is 0 Å². The largest absolute Gasteiger partial charge is 0.356 e. The van der Waals surface area contributed by atoms with Crippen LogP contribution in [0.2, 0.25) is 0 Å². The van der Waals surface area contributed by atoms with E-state index >= 15 is 0 Å². The summed E-state index contributed by atoms with van der Waals surface area (Å²) in [6.07, 6.45) is 4.72. The third kappa shape index (κ3) is 3.99. The molecule has 0 unspecified atom stereocenters. The third-order valence-corrected chi connectivity index (χ3v) is 3.10. The van der Waals surface area contributed by atoms with E-state index in [0.717, 1.165) is 34.5 Å². The van der Waals surface area contributed by atoms with Gasteiger partial charge in [0.15, 0.2) is 0 Å². The minimum atomic E-state index is 0.921. The second-order valence-corrected chi connectivity index (χ2v) is 4.69. The van der Waals surface area contributed by atoms with Crippen molar-refractivity contribution in [2.24, 2.45) is 0 Å². The standard InChI is InChI=1S/C18H23N/c1-7-9-16(8-2)15(6)19-18-12-17(13(3)4)11-10-14(18)5/h7,9-12,19H,1,3,6,8H2,2,4-5H3/b16-9+. The lowest BCUT2D eigenvalue weighted by molar-refractivity contribution is 1.11. The SMILES string of the molecule is C=C/C=C(\CC)C(=C)Nc1cc(C(=C)C)ccc1C. The highest BCUT2D eigenvalue weighted by Crippen LogP contribution is 2.24. The Morgan fingerprint density at radius 1 is 1.32 bits per heavy atom. The molecule has 100 valence electrons. The summed E-state index contributed by atoms with van der Waals surface area (Å²) in [6.45, 7) is 18.0. The van der Waals surface area contributed by atoms with Crippen molar-refractivity contribution in [3.8, 4) is 0 Å². The van der Waals surface area contributed by atoms with Crippen molar-refractivity contribution in [1.29, 1.82) is 0 Å². The van der Waals surface area contributed by atoms with E-state index in [0.29, 0.717) is 0 Å². The fraction of sp³-hybridized carbons (Fsp3) is 0.222. The van der Waals surface area contributed by atoms with Crippen LogP contribution in [-0.2, 0) is 0 Å². The van der Waals surface area contributed by atoms with Crippen LogP contribution in [0.15, 0.2) is 61.4 Å². The van der Waals surface area contributed by atoms with Crippen molar-refractivity contribution >= 4 is 11.3 Å². The van der Waals surface area contributed by atoms with E-state index in [1.165, 1.54) is 5.56 Å². The third-order valence-electron chi connectivity index (χ3n) is 3.10. The molecular weight excluding hydrogens is 230 g/mol. The van der Waals surface area contributed by atoms with E-state index in [9.17, 15) is 0 Å². The average molecular weight is 253 g/mol. The Hall–Kier alpha value is -2.02. The molecule has 0 saturated carbocycles. The van der Waals surface area contributed by atoms with Crippen molar-refractivity contribution in [3.05, 3.63) is 72.5 Å². The van der Waals surface area contributed by atoms with Crippen LogP contribution in [0.4, 0.5) is 5.69 Å². The normalized spacial score (nSPS) is 11.0. The maximum Gasteiger partial charge on any atom is 0.0419 e. The average Bonchev–Trinajstić information content (AvgIpc) is 2.38. The predicted molar refractivity (Wildman–Crippen MR) is 87.2 cm³/mol. The van der Waals surface area contributed by atoms with Crippen LogP contribution >= 0.6 is 0 Å². The van der Waals surface area contributed by atoms with Gasteiger partial charge >= 0.3 is 0 Å². The molecule has 1 aromatic rings. The Labute approximate surface area is 117 Å². The van der Waals surface area contributed by atoms with Crippen molar-refractivity contribution in [2.75, 3.05) is 5.32 Å². The fourth-order valence-electron chi connectivity index (χ4n) is 1.84. The van der Waals surface area contributed by atoms with Crippen molar-refractivity contribution in [2.45, 2.75) is 27.2 Å². The number of anilines is 1. The second kappa shape index (κ2) is 6.79. The Balaban J connectivity index is 3.02. The van der Waals surface area contributed by atoms with E-state index in [2.05, 4.69) is 57.1 Å². The van der Waals surface area contributed by atoms with Crippen LogP contribution in [0.3, 0.4) is 0 Å². The van der Waals surface area contributed by atoms with Gasteiger partial charge in [-0.2, -0.15) is 0 Å². The molecule has 0 radical (unpaired) electrons. The van der Waals surface area contributed by atoms with E-state index in [-0.39, 0.29) is 0 Å². The van der Waals surface area contributed by atoms with E-state index < -0.39 is 0 Å². The molecule has 0 amide bonds. The van der Waals surface area contributed by atoms with Crippen LogP contribution in [-0.4, -0.2) is 0 Å². The molecule has 0 spiro atoms. The van der Waals surface area contributed by atoms with E-state index in [4.69, 9.17) is 0 Å². The fourth-order valence-corrected chi connectivity index (χ4v) is 1.84. The Kier molecular flexibility index (Phi) is 5.37.